The Morgan fingerprint density at radius 2 is 2.12 bits per heavy atom. The van der Waals surface area contributed by atoms with E-state index in [0.717, 1.165) is 11.3 Å². The third kappa shape index (κ3) is 1.65. The highest BCUT2D eigenvalue weighted by molar-refractivity contribution is 5.88. The largest absolute Gasteiger partial charge is 0.478 e. The lowest BCUT2D eigenvalue weighted by Crippen LogP contribution is -2.04. The van der Waals surface area contributed by atoms with Crippen molar-refractivity contribution in [2.24, 2.45) is 0 Å². The number of carbonyl (C=O) groups is 1. The molecule has 0 amide bonds. The molecule has 2 aromatic rings. The van der Waals surface area contributed by atoms with Gasteiger partial charge in [0.2, 0.25) is 0 Å². The van der Waals surface area contributed by atoms with Crippen molar-refractivity contribution in [2.45, 2.75) is 13.8 Å². The quantitative estimate of drug-likeness (QED) is 0.812. The Bertz CT molecular complexity index is 548. The molecule has 0 spiro atoms. The molecule has 1 aromatic carbocycles. The summed E-state index contributed by atoms with van der Waals surface area (Å²) < 4.78 is 1.57. The highest BCUT2D eigenvalue weighted by Crippen LogP contribution is 2.15. The number of tetrazole rings is 1. The lowest BCUT2D eigenvalue weighted by Gasteiger charge is -2.06. The molecule has 0 fully saturated rings. The van der Waals surface area contributed by atoms with Gasteiger partial charge >= 0.3 is 5.97 Å². The lowest BCUT2D eigenvalue weighted by molar-refractivity contribution is 0.0697. The van der Waals surface area contributed by atoms with Crippen LogP contribution in [0.1, 0.15) is 21.7 Å². The number of aromatic carboxylic acids is 1. The summed E-state index contributed by atoms with van der Waals surface area (Å²) in [5.41, 5.74) is 1.86. The summed E-state index contributed by atoms with van der Waals surface area (Å²) in [7, 11) is 0. The van der Waals surface area contributed by atoms with E-state index >= 15 is 0 Å². The third-order valence-electron chi connectivity index (χ3n) is 2.30. The molecule has 0 unspecified atom stereocenters. The van der Waals surface area contributed by atoms with Crippen molar-refractivity contribution in [3.8, 4) is 5.69 Å². The van der Waals surface area contributed by atoms with Crippen LogP contribution in [0.4, 0.5) is 0 Å². The number of carboxylic acids is 1. The summed E-state index contributed by atoms with van der Waals surface area (Å²) in [6.07, 6.45) is 0. The van der Waals surface area contributed by atoms with Crippen LogP contribution < -0.4 is 0 Å². The van der Waals surface area contributed by atoms with Gasteiger partial charge in [-0.25, -0.2) is 4.79 Å². The first-order valence-electron chi connectivity index (χ1n) is 4.69. The minimum Gasteiger partial charge on any atom is -0.478 e. The molecule has 0 bridgehead atoms. The van der Waals surface area contributed by atoms with Crippen molar-refractivity contribution in [1.29, 1.82) is 0 Å². The fraction of sp³-hybridized carbons (Fsp3) is 0.200. The van der Waals surface area contributed by atoms with Gasteiger partial charge in [-0.15, -0.1) is 5.10 Å². The molecule has 0 aliphatic carbocycles. The van der Waals surface area contributed by atoms with Crippen LogP contribution in [0.15, 0.2) is 18.2 Å². The number of rotatable bonds is 2. The number of nitrogens with zero attached hydrogens (tertiary/aromatic N) is 4. The van der Waals surface area contributed by atoms with E-state index in [1.165, 1.54) is 6.07 Å². The zero-order valence-electron chi connectivity index (χ0n) is 8.88. The van der Waals surface area contributed by atoms with E-state index in [1.54, 1.807) is 23.7 Å². The Labute approximate surface area is 91.5 Å². The lowest BCUT2D eigenvalue weighted by atomic mass is 10.1. The van der Waals surface area contributed by atoms with E-state index in [4.69, 9.17) is 5.11 Å². The van der Waals surface area contributed by atoms with Crippen molar-refractivity contribution in [2.75, 3.05) is 0 Å². The van der Waals surface area contributed by atoms with E-state index in [2.05, 4.69) is 15.5 Å². The summed E-state index contributed by atoms with van der Waals surface area (Å²) in [5, 5.41) is 20.0. The second-order valence-electron chi connectivity index (χ2n) is 3.44. The molecular formula is C10H10N4O2. The van der Waals surface area contributed by atoms with Gasteiger partial charge in [0.15, 0.2) is 5.82 Å². The van der Waals surface area contributed by atoms with Crippen molar-refractivity contribution in [3.05, 3.63) is 35.2 Å². The second kappa shape index (κ2) is 3.73. The molecule has 82 valence electrons. The molecule has 1 aromatic heterocycles. The molecule has 6 nitrogen and oxygen atoms in total. The minimum absolute atomic E-state index is 0.256. The van der Waals surface area contributed by atoms with Gasteiger partial charge in [-0.3, -0.25) is 0 Å². The van der Waals surface area contributed by atoms with Gasteiger partial charge in [0.1, 0.15) is 0 Å². The zero-order valence-corrected chi connectivity index (χ0v) is 8.88. The molecule has 0 saturated carbocycles. The molecule has 1 heterocycles. The van der Waals surface area contributed by atoms with Crippen molar-refractivity contribution in [3.63, 3.8) is 0 Å². The molecule has 0 aliphatic rings. The number of benzene rings is 1. The number of hydrogen-bond acceptors (Lipinski definition) is 4. The van der Waals surface area contributed by atoms with Gasteiger partial charge in [0.25, 0.3) is 0 Å². The summed E-state index contributed by atoms with van der Waals surface area (Å²) in [5.74, 6) is -0.283. The molecular weight excluding hydrogens is 208 g/mol. The normalized spacial score (nSPS) is 10.4. The van der Waals surface area contributed by atoms with Crippen LogP contribution in [-0.4, -0.2) is 31.3 Å². The summed E-state index contributed by atoms with van der Waals surface area (Å²) in [6.45, 7) is 3.60. The van der Waals surface area contributed by atoms with Crippen LogP contribution in [0.25, 0.3) is 5.69 Å². The van der Waals surface area contributed by atoms with Crippen LogP contribution in [0.3, 0.4) is 0 Å². The minimum atomic E-state index is -0.942. The maximum absolute atomic E-state index is 10.8. The zero-order chi connectivity index (χ0) is 11.7. The highest BCUT2D eigenvalue weighted by Gasteiger charge is 2.09. The molecule has 1 N–H and O–H groups in total. The fourth-order valence-corrected chi connectivity index (χ4v) is 1.48. The Morgan fingerprint density at radius 1 is 1.38 bits per heavy atom. The summed E-state index contributed by atoms with van der Waals surface area (Å²) >= 11 is 0. The molecule has 6 heteroatoms. The monoisotopic (exact) mass is 218 g/mol. The standard InChI is InChI=1S/C10H10N4O2/c1-6-5-8(10(15)16)3-4-9(6)14-7(2)11-12-13-14/h3-5H,1-2H3,(H,15,16). The third-order valence-corrected chi connectivity index (χ3v) is 2.30. The first-order chi connectivity index (χ1) is 7.59. The maximum atomic E-state index is 10.8. The van der Waals surface area contributed by atoms with E-state index < -0.39 is 5.97 Å². The van der Waals surface area contributed by atoms with Gasteiger partial charge in [-0.05, 0) is 48.0 Å². The molecule has 0 atom stereocenters. The first kappa shape index (κ1) is 10.3. The van der Waals surface area contributed by atoms with Gasteiger partial charge in [-0.2, -0.15) is 4.68 Å². The molecule has 0 radical (unpaired) electrons. The Balaban J connectivity index is 2.52. The van der Waals surface area contributed by atoms with Crippen LogP contribution in [-0.2, 0) is 0 Å². The van der Waals surface area contributed by atoms with Crippen molar-refractivity contribution < 1.29 is 9.90 Å². The predicted octanol–water partition coefficient (Wildman–Crippen LogP) is 0.977. The molecule has 0 aliphatic heterocycles. The van der Waals surface area contributed by atoms with Crippen LogP contribution in [0.2, 0.25) is 0 Å². The van der Waals surface area contributed by atoms with Gasteiger partial charge in [0.05, 0.1) is 11.3 Å². The number of aromatic nitrogens is 4. The number of aryl methyl sites for hydroxylation is 2. The SMILES string of the molecule is Cc1cc(C(=O)O)ccc1-n1nnnc1C. The van der Waals surface area contributed by atoms with Crippen LogP contribution >= 0.6 is 0 Å². The summed E-state index contributed by atoms with van der Waals surface area (Å²) in [6, 6.07) is 4.83. The Kier molecular flexibility index (Phi) is 2.40. The average molecular weight is 218 g/mol. The van der Waals surface area contributed by atoms with E-state index in [-0.39, 0.29) is 5.56 Å². The topological polar surface area (TPSA) is 80.9 Å². The second-order valence-corrected chi connectivity index (χ2v) is 3.44. The fourth-order valence-electron chi connectivity index (χ4n) is 1.48. The average Bonchev–Trinajstić information content (AvgIpc) is 2.64. The Morgan fingerprint density at radius 3 is 2.62 bits per heavy atom. The van der Waals surface area contributed by atoms with Crippen LogP contribution in [0.5, 0.6) is 0 Å². The Hall–Kier alpha value is -2.24. The summed E-state index contributed by atoms with van der Waals surface area (Å²) in [4.78, 5) is 10.8. The number of hydrogen-bond donors (Lipinski definition) is 1. The van der Waals surface area contributed by atoms with Crippen LogP contribution in [0, 0.1) is 13.8 Å². The maximum Gasteiger partial charge on any atom is 0.335 e. The smallest absolute Gasteiger partial charge is 0.335 e. The van der Waals surface area contributed by atoms with Gasteiger partial charge < -0.3 is 5.11 Å². The van der Waals surface area contributed by atoms with E-state index in [1.807, 2.05) is 6.92 Å². The molecule has 16 heavy (non-hydrogen) atoms. The van der Waals surface area contributed by atoms with Gasteiger partial charge in [-0.1, -0.05) is 0 Å². The van der Waals surface area contributed by atoms with Crippen molar-refractivity contribution in [1.82, 2.24) is 20.2 Å². The van der Waals surface area contributed by atoms with E-state index in [0.29, 0.717) is 5.82 Å². The molecule has 2 rings (SSSR count). The molecule has 0 saturated heterocycles. The first-order valence-corrected chi connectivity index (χ1v) is 4.69. The highest BCUT2D eigenvalue weighted by atomic mass is 16.4. The van der Waals surface area contributed by atoms with Gasteiger partial charge in [0, 0.05) is 0 Å². The van der Waals surface area contributed by atoms with E-state index in [9.17, 15) is 4.79 Å². The predicted molar refractivity (Wildman–Crippen MR) is 55.6 cm³/mol. The number of carboxylic acid groups (broad SMARTS) is 1. The van der Waals surface area contributed by atoms with Crippen molar-refractivity contribution >= 4 is 5.97 Å².